The van der Waals surface area contributed by atoms with E-state index in [2.05, 4.69) is 17.1 Å². The molecular weight excluding hydrogens is 280 g/mol. The Labute approximate surface area is 132 Å². The summed E-state index contributed by atoms with van der Waals surface area (Å²) >= 11 is 0. The minimum atomic E-state index is -0.292. The first kappa shape index (κ1) is 16.6. The second-order valence-corrected chi connectivity index (χ2v) is 5.85. The number of hydrogen-bond acceptors (Lipinski definition) is 4. The van der Waals surface area contributed by atoms with Gasteiger partial charge in [0.1, 0.15) is 5.75 Å². The van der Waals surface area contributed by atoms with Gasteiger partial charge in [-0.05, 0) is 37.0 Å². The maximum Gasteiger partial charge on any atom is 0.407 e. The number of nitrogens with zero attached hydrogens (tertiary/aromatic N) is 1. The highest BCUT2D eigenvalue weighted by molar-refractivity contribution is 5.67. The number of carbonyl (C=O) groups is 1. The van der Waals surface area contributed by atoms with Gasteiger partial charge in [-0.3, -0.25) is 4.90 Å². The first-order valence-corrected chi connectivity index (χ1v) is 8.11. The molecule has 1 aliphatic rings. The molecule has 5 nitrogen and oxygen atoms in total. The van der Waals surface area contributed by atoms with Crippen molar-refractivity contribution >= 4 is 6.09 Å². The number of nitrogens with one attached hydrogen (secondary N) is 1. The third kappa shape index (κ3) is 5.56. The fourth-order valence-electron chi connectivity index (χ4n) is 2.67. The van der Waals surface area contributed by atoms with Crippen molar-refractivity contribution in [3.63, 3.8) is 0 Å². The van der Waals surface area contributed by atoms with Crippen LogP contribution in [-0.4, -0.2) is 41.8 Å². The van der Waals surface area contributed by atoms with Crippen molar-refractivity contribution in [3.05, 3.63) is 29.8 Å². The van der Waals surface area contributed by atoms with Crippen LogP contribution in [0.25, 0.3) is 0 Å². The molecule has 1 aromatic rings. The van der Waals surface area contributed by atoms with Gasteiger partial charge in [-0.2, -0.15) is 0 Å². The van der Waals surface area contributed by atoms with Crippen LogP contribution in [0.15, 0.2) is 24.3 Å². The maximum absolute atomic E-state index is 11.6. The number of likely N-dealkylation sites (tertiary alicyclic amines) is 1. The molecule has 0 radical (unpaired) electrons. The number of amides is 1. The highest BCUT2D eigenvalue weighted by atomic mass is 16.5. The van der Waals surface area contributed by atoms with Crippen molar-refractivity contribution in [2.45, 2.75) is 45.2 Å². The maximum atomic E-state index is 11.6. The Bertz CT molecular complexity index is 471. The van der Waals surface area contributed by atoms with Crippen LogP contribution in [0.4, 0.5) is 4.79 Å². The lowest BCUT2D eigenvalue weighted by Gasteiger charge is -2.32. The summed E-state index contributed by atoms with van der Waals surface area (Å²) in [6.07, 6.45) is 3.51. The Morgan fingerprint density at radius 1 is 1.41 bits per heavy atom. The summed E-state index contributed by atoms with van der Waals surface area (Å²) < 4.78 is 5.13. The van der Waals surface area contributed by atoms with Crippen molar-refractivity contribution < 1.29 is 14.6 Å². The Hall–Kier alpha value is -1.75. The van der Waals surface area contributed by atoms with Crippen molar-refractivity contribution in [1.82, 2.24) is 10.2 Å². The van der Waals surface area contributed by atoms with Crippen LogP contribution in [0.1, 0.15) is 38.2 Å². The predicted molar refractivity (Wildman–Crippen MR) is 85.8 cm³/mol. The molecule has 2 rings (SSSR count). The predicted octanol–water partition coefficient (Wildman–Crippen LogP) is 2.88. The lowest BCUT2D eigenvalue weighted by Crippen LogP contribution is -2.44. The van der Waals surface area contributed by atoms with Gasteiger partial charge in [0.05, 0.1) is 6.61 Å². The van der Waals surface area contributed by atoms with E-state index in [0.717, 1.165) is 50.9 Å². The van der Waals surface area contributed by atoms with E-state index in [-0.39, 0.29) is 12.1 Å². The number of alkyl carbamates (subject to hydrolysis) is 1. The second kappa shape index (κ2) is 8.63. The molecule has 0 aromatic heterocycles. The van der Waals surface area contributed by atoms with E-state index in [1.54, 1.807) is 12.1 Å². The van der Waals surface area contributed by atoms with E-state index in [1.807, 2.05) is 12.1 Å². The SMILES string of the molecule is CCCCOC(=O)NC1CCN(Cc2cccc(O)c2)CC1. The number of benzene rings is 1. The second-order valence-electron chi connectivity index (χ2n) is 5.85. The van der Waals surface area contributed by atoms with E-state index in [0.29, 0.717) is 12.4 Å². The van der Waals surface area contributed by atoms with Crippen LogP contribution >= 0.6 is 0 Å². The third-order valence-corrected chi connectivity index (χ3v) is 3.96. The molecule has 122 valence electrons. The summed E-state index contributed by atoms with van der Waals surface area (Å²) in [7, 11) is 0. The Kier molecular flexibility index (Phi) is 6.52. The summed E-state index contributed by atoms with van der Waals surface area (Å²) in [5.41, 5.74) is 1.12. The highest BCUT2D eigenvalue weighted by Crippen LogP contribution is 2.17. The van der Waals surface area contributed by atoms with E-state index in [4.69, 9.17) is 4.74 Å². The zero-order valence-corrected chi connectivity index (χ0v) is 13.3. The number of unbranched alkanes of at least 4 members (excludes halogenated alkanes) is 1. The molecule has 1 aliphatic heterocycles. The molecule has 1 fully saturated rings. The molecule has 0 spiro atoms. The lowest BCUT2D eigenvalue weighted by molar-refractivity contribution is 0.130. The number of rotatable bonds is 6. The van der Waals surface area contributed by atoms with Crippen molar-refractivity contribution in [2.75, 3.05) is 19.7 Å². The zero-order chi connectivity index (χ0) is 15.8. The molecule has 0 bridgehead atoms. The number of phenols is 1. The standard InChI is InChI=1S/C17H26N2O3/c1-2-3-11-22-17(21)18-15-7-9-19(10-8-15)13-14-5-4-6-16(20)12-14/h4-6,12,15,20H,2-3,7-11,13H2,1H3,(H,18,21). The van der Waals surface area contributed by atoms with Crippen molar-refractivity contribution in [3.8, 4) is 5.75 Å². The summed E-state index contributed by atoms with van der Waals surface area (Å²) in [5, 5.41) is 12.4. The number of piperidine rings is 1. The Morgan fingerprint density at radius 2 is 2.18 bits per heavy atom. The Balaban J connectivity index is 1.68. The number of carbonyl (C=O) groups excluding carboxylic acids is 1. The van der Waals surface area contributed by atoms with Crippen molar-refractivity contribution in [2.24, 2.45) is 0 Å². The zero-order valence-electron chi connectivity index (χ0n) is 13.3. The van der Waals surface area contributed by atoms with E-state index < -0.39 is 0 Å². The monoisotopic (exact) mass is 306 g/mol. The van der Waals surface area contributed by atoms with Crippen LogP contribution in [0.2, 0.25) is 0 Å². The van der Waals surface area contributed by atoms with Gasteiger partial charge >= 0.3 is 6.09 Å². The minimum absolute atomic E-state index is 0.203. The highest BCUT2D eigenvalue weighted by Gasteiger charge is 2.21. The molecule has 1 saturated heterocycles. The van der Waals surface area contributed by atoms with Gasteiger partial charge in [-0.1, -0.05) is 25.5 Å². The fraction of sp³-hybridized carbons (Fsp3) is 0.588. The summed E-state index contributed by atoms with van der Waals surface area (Å²) in [4.78, 5) is 14.0. The molecule has 1 amide bonds. The minimum Gasteiger partial charge on any atom is -0.508 e. The van der Waals surface area contributed by atoms with Gasteiger partial charge in [0.2, 0.25) is 0 Å². The van der Waals surface area contributed by atoms with Crippen LogP contribution in [0.5, 0.6) is 5.75 Å². The molecule has 0 atom stereocenters. The summed E-state index contributed by atoms with van der Waals surface area (Å²) in [5.74, 6) is 0.309. The summed E-state index contributed by atoms with van der Waals surface area (Å²) in [6, 6.07) is 7.58. The molecule has 1 aromatic carbocycles. The van der Waals surface area contributed by atoms with Crippen LogP contribution in [-0.2, 0) is 11.3 Å². The van der Waals surface area contributed by atoms with Crippen LogP contribution in [0.3, 0.4) is 0 Å². The van der Waals surface area contributed by atoms with Gasteiger partial charge in [-0.25, -0.2) is 4.79 Å². The van der Waals surface area contributed by atoms with Gasteiger partial charge < -0.3 is 15.2 Å². The molecule has 0 unspecified atom stereocenters. The topological polar surface area (TPSA) is 61.8 Å². The van der Waals surface area contributed by atoms with Gasteiger partial charge in [-0.15, -0.1) is 0 Å². The first-order valence-electron chi connectivity index (χ1n) is 8.11. The number of ether oxygens (including phenoxy) is 1. The van der Waals surface area contributed by atoms with Gasteiger partial charge in [0.15, 0.2) is 0 Å². The molecule has 0 saturated carbocycles. The molecular formula is C17H26N2O3. The molecule has 0 aliphatic carbocycles. The Morgan fingerprint density at radius 3 is 2.86 bits per heavy atom. The number of phenolic OH excluding ortho intramolecular Hbond substituents is 1. The number of hydrogen-bond donors (Lipinski definition) is 2. The average molecular weight is 306 g/mol. The number of aromatic hydroxyl groups is 1. The average Bonchev–Trinajstić information content (AvgIpc) is 2.50. The summed E-state index contributed by atoms with van der Waals surface area (Å²) in [6.45, 7) is 5.29. The molecule has 1 heterocycles. The van der Waals surface area contributed by atoms with Crippen LogP contribution < -0.4 is 5.32 Å². The van der Waals surface area contributed by atoms with Crippen molar-refractivity contribution in [1.29, 1.82) is 0 Å². The third-order valence-electron chi connectivity index (χ3n) is 3.96. The smallest absolute Gasteiger partial charge is 0.407 e. The quantitative estimate of drug-likeness (QED) is 0.793. The molecule has 22 heavy (non-hydrogen) atoms. The first-order chi connectivity index (χ1) is 10.7. The van der Waals surface area contributed by atoms with E-state index >= 15 is 0 Å². The van der Waals surface area contributed by atoms with Gasteiger partial charge in [0, 0.05) is 25.7 Å². The molecule has 2 N–H and O–H groups in total. The largest absolute Gasteiger partial charge is 0.508 e. The lowest BCUT2D eigenvalue weighted by atomic mass is 10.0. The van der Waals surface area contributed by atoms with E-state index in [9.17, 15) is 9.90 Å². The van der Waals surface area contributed by atoms with Crippen LogP contribution in [0, 0.1) is 0 Å². The molecule has 5 heteroatoms. The van der Waals surface area contributed by atoms with E-state index in [1.165, 1.54) is 0 Å². The van der Waals surface area contributed by atoms with Gasteiger partial charge in [0.25, 0.3) is 0 Å². The fourth-order valence-corrected chi connectivity index (χ4v) is 2.67. The normalized spacial score (nSPS) is 16.4.